The molecule has 3 amide bonds. The van der Waals surface area contributed by atoms with E-state index < -0.39 is 5.54 Å². The molecule has 0 atom stereocenters. The van der Waals surface area contributed by atoms with Crippen LogP contribution in [0.1, 0.15) is 28.8 Å². The van der Waals surface area contributed by atoms with Crippen LogP contribution in [0.3, 0.4) is 0 Å². The predicted molar refractivity (Wildman–Crippen MR) is 148 cm³/mol. The van der Waals surface area contributed by atoms with E-state index in [1.807, 2.05) is 60.7 Å². The molecule has 0 radical (unpaired) electrons. The summed E-state index contributed by atoms with van der Waals surface area (Å²) < 4.78 is 0. The second-order valence-corrected chi connectivity index (χ2v) is 10.4. The van der Waals surface area contributed by atoms with Crippen molar-refractivity contribution >= 4 is 35.0 Å². The summed E-state index contributed by atoms with van der Waals surface area (Å²) in [5.74, 6) is -0.230. The average Bonchev–Trinajstić information content (AvgIpc) is 3.20. The van der Waals surface area contributed by atoms with Gasteiger partial charge in [0.15, 0.2) is 0 Å². The highest BCUT2D eigenvalue weighted by Crippen LogP contribution is 2.39. The highest BCUT2D eigenvalue weighted by Gasteiger charge is 2.54. The molecule has 0 bridgehead atoms. The maximum atomic E-state index is 14.0. The van der Waals surface area contributed by atoms with Crippen molar-refractivity contribution < 1.29 is 14.4 Å². The Morgan fingerprint density at radius 3 is 2.13 bits per heavy atom. The number of benzene rings is 3. The summed E-state index contributed by atoms with van der Waals surface area (Å²) in [6, 6.07) is 26.5. The van der Waals surface area contributed by atoms with Crippen LogP contribution in [0.25, 0.3) is 0 Å². The number of carbonyl (C=O) groups is 3. The molecule has 2 heterocycles. The summed E-state index contributed by atoms with van der Waals surface area (Å²) in [6.45, 7) is 1.73. The summed E-state index contributed by atoms with van der Waals surface area (Å²) in [5, 5.41) is 0.582. The van der Waals surface area contributed by atoms with Crippen molar-refractivity contribution in [3.05, 3.63) is 101 Å². The zero-order chi connectivity index (χ0) is 26.7. The number of hydrogen-bond donors (Lipinski definition) is 0. The van der Waals surface area contributed by atoms with E-state index in [0.29, 0.717) is 49.7 Å². The fourth-order valence-corrected chi connectivity index (χ4v) is 5.53. The number of halogens is 1. The fraction of sp³-hybridized carbons (Fsp3) is 0.300. The van der Waals surface area contributed by atoms with Crippen molar-refractivity contribution in [2.45, 2.75) is 24.9 Å². The lowest BCUT2D eigenvalue weighted by atomic mass is 9.85. The van der Waals surface area contributed by atoms with Gasteiger partial charge in [-0.25, -0.2) is 0 Å². The molecular weight excluding hydrogens is 500 g/mol. The number of likely N-dealkylation sites (tertiary alicyclic amines) is 1. The Balaban J connectivity index is 1.32. The van der Waals surface area contributed by atoms with Gasteiger partial charge >= 0.3 is 0 Å². The van der Waals surface area contributed by atoms with Gasteiger partial charge in [-0.2, -0.15) is 0 Å². The first-order valence-corrected chi connectivity index (χ1v) is 13.2. The Hall–Kier alpha value is -3.84. The zero-order valence-corrected chi connectivity index (χ0v) is 22.2. The van der Waals surface area contributed by atoms with Gasteiger partial charge in [-0.05, 0) is 54.8 Å². The number of para-hydroxylation sites is 1. The number of nitrogens with zero attached hydrogens (tertiary/aromatic N) is 4. The van der Waals surface area contributed by atoms with Gasteiger partial charge in [0, 0.05) is 43.0 Å². The van der Waals surface area contributed by atoms with Gasteiger partial charge in [-0.1, -0.05) is 60.1 Å². The number of carbonyl (C=O) groups excluding carboxylic acids is 3. The van der Waals surface area contributed by atoms with Crippen molar-refractivity contribution in [2.75, 3.05) is 38.3 Å². The molecule has 2 aliphatic rings. The minimum atomic E-state index is -0.795. The molecule has 0 N–H and O–H groups in total. The number of anilines is 1. The lowest BCUT2D eigenvalue weighted by Gasteiger charge is -2.43. The van der Waals surface area contributed by atoms with Crippen molar-refractivity contribution in [1.29, 1.82) is 0 Å². The summed E-state index contributed by atoms with van der Waals surface area (Å²) in [5.41, 5.74) is 1.76. The van der Waals surface area contributed by atoms with Crippen LogP contribution < -0.4 is 4.90 Å². The summed E-state index contributed by atoms with van der Waals surface area (Å²) in [6.07, 6.45) is 0.981. The second-order valence-electron chi connectivity index (χ2n) is 9.97. The Labute approximate surface area is 228 Å². The zero-order valence-electron chi connectivity index (χ0n) is 21.4. The summed E-state index contributed by atoms with van der Waals surface area (Å²) in [4.78, 5) is 47.4. The number of rotatable bonds is 6. The average molecular weight is 531 g/mol. The fourth-order valence-electron chi connectivity index (χ4n) is 5.41. The lowest BCUT2D eigenvalue weighted by Crippen LogP contribution is -2.57. The van der Waals surface area contributed by atoms with E-state index in [0.717, 1.165) is 11.3 Å². The van der Waals surface area contributed by atoms with Crippen molar-refractivity contribution in [3.8, 4) is 0 Å². The molecule has 0 aliphatic carbocycles. The van der Waals surface area contributed by atoms with E-state index in [2.05, 4.69) is 4.90 Å². The molecule has 38 heavy (non-hydrogen) atoms. The summed E-state index contributed by atoms with van der Waals surface area (Å²) >= 11 is 5.98. The summed E-state index contributed by atoms with van der Waals surface area (Å²) in [7, 11) is 1.77. The Kier molecular flexibility index (Phi) is 7.38. The first-order chi connectivity index (χ1) is 18.4. The van der Waals surface area contributed by atoms with Crippen LogP contribution in [0.5, 0.6) is 0 Å². The first kappa shape index (κ1) is 25.8. The Morgan fingerprint density at radius 2 is 1.50 bits per heavy atom. The molecule has 8 heteroatoms. The topological polar surface area (TPSA) is 64.2 Å². The van der Waals surface area contributed by atoms with E-state index in [1.54, 1.807) is 46.0 Å². The van der Waals surface area contributed by atoms with Crippen LogP contribution in [0.4, 0.5) is 5.69 Å². The van der Waals surface area contributed by atoms with Gasteiger partial charge in [-0.3, -0.25) is 14.4 Å². The molecule has 3 aromatic carbocycles. The second kappa shape index (κ2) is 10.9. The van der Waals surface area contributed by atoms with Gasteiger partial charge in [0.2, 0.25) is 5.91 Å². The molecule has 0 unspecified atom stereocenters. The van der Waals surface area contributed by atoms with E-state index >= 15 is 0 Å². The molecule has 196 valence electrons. The lowest BCUT2D eigenvalue weighted by molar-refractivity contribution is -0.140. The van der Waals surface area contributed by atoms with Crippen molar-refractivity contribution in [1.82, 2.24) is 14.7 Å². The molecule has 7 nitrogen and oxygen atoms in total. The van der Waals surface area contributed by atoms with Gasteiger partial charge in [0.1, 0.15) is 12.1 Å². The van der Waals surface area contributed by atoms with Gasteiger partial charge in [0.25, 0.3) is 11.8 Å². The van der Waals surface area contributed by atoms with Crippen LogP contribution in [-0.2, 0) is 16.1 Å². The smallest absolute Gasteiger partial charge is 0.253 e. The molecule has 2 fully saturated rings. The molecule has 0 aromatic heterocycles. The van der Waals surface area contributed by atoms with Crippen molar-refractivity contribution in [3.63, 3.8) is 0 Å². The highest BCUT2D eigenvalue weighted by atomic mass is 35.5. The minimum absolute atomic E-state index is 0.0146. The number of likely N-dealkylation sites (N-methyl/N-ethyl adjacent to an activating group) is 1. The molecule has 2 aliphatic heterocycles. The predicted octanol–water partition coefficient (Wildman–Crippen LogP) is 4.28. The van der Waals surface area contributed by atoms with Crippen molar-refractivity contribution in [2.24, 2.45) is 0 Å². The number of amides is 3. The molecule has 5 rings (SSSR count). The van der Waals surface area contributed by atoms with Crippen LogP contribution >= 0.6 is 11.6 Å². The van der Waals surface area contributed by atoms with Gasteiger partial charge in [-0.15, -0.1) is 0 Å². The maximum absolute atomic E-state index is 14.0. The monoisotopic (exact) mass is 530 g/mol. The molecule has 0 saturated carbocycles. The van der Waals surface area contributed by atoms with Gasteiger partial charge < -0.3 is 19.6 Å². The normalized spacial score (nSPS) is 16.7. The number of piperidine rings is 1. The minimum Gasteiger partial charge on any atom is -0.340 e. The molecule has 1 spiro atoms. The first-order valence-electron chi connectivity index (χ1n) is 12.8. The largest absolute Gasteiger partial charge is 0.340 e. The third kappa shape index (κ3) is 5.11. The molecule has 3 aromatic rings. The maximum Gasteiger partial charge on any atom is 0.253 e. The van der Waals surface area contributed by atoms with Gasteiger partial charge in [0.05, 0.1) is 6.67 Å². The third-order valence-electron chi connectivity index (χ3n) is 7.57. The van der Waals surface area contributed by atoms with Crippen LogP contribution in [0, 0.1) is 0 Å². The van der Waals surface area contributed by atoms with Crippen LogP contribution in [0.15, 0.2) is 84.9 Å². The highest BCUT2D eigenvalue weighted by molar-refractivity contribution is 6.30. The quantitative estimate of drug-likeness (QED) is 0.477. The van der Waals surface area contributed by atoms with Crippen LogP contribution in [-0.4, -0.2) is 71.3 Å². The van der Waals surface area contributed by atoms with E-state index in [9.17, 15) is 14.4 Å². The number of hydrogen-bond acceptors (Lipinski definition) is 4. The standard InChI is InChI=1S/C30H31ClN4O3/c1-32(20-23-8-4-2-5-9-23)27(36)21-34-22-35(26-10-6-3-7-11-26)30(29(34)38)16-18-33(19-17-30)28(37)24-12-14-25(31)15-13-24/h2-15H,16-22H2,1H3. The Bertz CT molecular complexity index is 1290. The SMILES string of the molecule is CN(Cc1ccccc1)C(=O)CN1CN(c2ccccc2)C2(CCN(C(=O)c3ccc(Cl)cc3)CC2)C1=O. The molecule has 2 saturated heterocycles. The Morgan fingerprint density at radius 1 is 0.895 bits per heavy atom. The van der Waals surface area contributed by atoms with Crippen LogP contribution in [0.2, 0.25) is 5.02 Å². The van der Waals surface area contributed by atoms with E-state index in [4.69, 9.17) is 11.6 Å². The third-order valence-corrected chi connectivity index (χ3v) is 7.82. The van der Waals surface area contributed by atoms with E-state index in [-0.39, 0.29) is 24.3 Å². The van der Waals surface area contributed by atoms with E-state index in [1.165, 1.54) is 0 Å². The molecular formula is C30H31ClN4O3.